The first kappa shape index (κ1) is 17.2. The first-order valence-corrected chi connectivity index (χ1v) is 7.93. The van der Waals surface area contributed by atoms with Crippen LogP contribution in [0, 0.1) is 0 Å². The van der Waals surface area contributed by atoms with Crippen molar-refractivity contribution in [2.75, 3.05) is 12.4 Å². The van der Waals surface area contributed by atoms with Gasteiger partial charge in [-0.3, -0.25) is 9.59 Å². The summed E-state index contributed by atoms with van der Waals surface area (Å²) in [5.41, 5.74) is 3.55. The van der Waals surface area contributed by atoms with E-state index in [1.165, 1.54) is 6.21 Å². The van der Waals surface area contributed by atoms with Crippen LogP contribution < -0.4 is 15.5 Å². The van der Waals surface area contributed by atoms with Crippen LogP contribution in [-0.4, -0.2) is 25.1 Å². The van der Waals surface area contributed by atoms with Crippen LogP contribution in [0.2, 0.25) is 0 Å². The lowest BCUT2D eigenvalue weighted by molar-refractivity contribution is -0.136. The minimum absolute atomic E-state index is 0.572. The number of methoxy groups -OCH3 is 1. The largest absolute Gasteiger partial charge is 0.497 e. The number of fused-ring (bicyclic) bond motifs is 1. The molecule has 3 rings (SSSR count). The Hall–Kier alpha value is -3.67. The Morgan fingerprint density at radius 1 is 0.923 bits per heavy atom. The highest BCUT2D eigenvalue weighted by molar-refractivity contribution is 6.40. The number of carbonyl (C=O) groups is 2. The Morgan fingerprint density at radius 2 is 1.65 bits per heavy atom. The van der Waals surface area contributed by atoms with Gasteiger partial charge in [-0.15, -0.1) is 0 Å². The van der Waals surface area contributed by atoms with Crippen LogP contribution >= 0.6 is 0 Å². The third-order valence-electron chi connectivity index (χ3n) is 3.74. The fraction of sp³-hybridized carbons (Fsp3) is 0.0500. The monoisotopic (exact) mass is 347 g/mol. The van der Waals surface area contributed by atoms with Gasteiger partial charge in [-0.1, -0.05) is 36.4 Å². The molecule has 0 saturated heterocycles. The van der Waals surface area contributed by atoms with Crippen molar-refractivity contribution < 1.29 is 14.3 Å². The number of hydrogen-bond donors (Lipinski definition) is 2. The molecule has 0 fully saturated rings. The fourth-order valence-corrected chi connectivity index (χ4v) is 2.42. The summed E-state index contributed by atoms with van der Waals surface area (Å²) in [4.78, 5) is 24.0. The number of amides is 2. The number of ether oxygens (including phenoxy) is 1. The number of hydrogen-bond acceptors (Lipinski definition) is 4. The van der Waals surface area contributed by atoms with E-state index in [4.69, 9.17) is 4.74 Å². The third-order valence-corrected chi connectivity index (χ3v) is 3.74. The molecule has 0 unspecified atom stereocenters. The second kappa shape index (κ2) is 7.94. The van der Waals surface area contributed by atoms with Crippen LogP contribution in [-0.2, 0) is 9.59 Å². The average molecular weight is 347 g/mol. The normalized spacial score (nSPS) is 10.7. The highest BCUT2D eigenvalue weighted by atomic mass is 16.5. The SMILES string of the molecule is COc1ccc(C=NNC(=O)C(=O)Nc2cccc3ccccc23)cc1. The highest BCUT2D eigenvalue weighted by Gasteiger charge is 2.14. The van der Waals surface area contributed by atoms with E-state index in [-0.39, 0.29) is 0 Å². The van der Waals surface area contributed by atoms with E-state index in [2.05, 4.69) is 15.8 Å². The van der Waals surface area contributed by atoms with Crippen LogP contribution in [0.3, 0.4) is 0 Å². The van der Waals surface area contributed by atoms with Gasteiger partial charge in [0, 0.05) is 11.1 Å². The van der Waals surface area contributed by atoms with Gasteiger partial charge < -0.3 is 10.1 Å². The average Bonchev–Trinajstić information content (AvgIpc) is 2.68. The number of nitrogens with zero attached hydrogens (tertiary/aromatic N) is 1. The Kier molecular flexibility index (Phi) is 5.24. The zero-order valence-electron chi connectivity index (χ0n) is 14.1. The van der Waals surface area contributed by atoms with Gasteiger partial charge in [-0.05, 0) is 41.3 Å². The molecular formula is C20H17N3O3. The van der Waals surface area contributed by atoms with Crippen molar-refractivity contribution >= 4 is 34.5 Å². The van der Waals surface area contributed by atoms with Gasteiger partial charge in [0.1, 0.15) is 5.75 Å². The molecule has 0 aromatic heterocycles. The number of hydrazone groups is 1. The predicted molar refractivity (Wildman–Crippen MR) is 101 cm³/mol. The number of nitrogens with one attached hydrogen (secondary N) is 2. The summed E-state index contributed by atoms with van der Waals surface area (Å²) in [6.45, 7) is 0. The van der Waals surface area contributed by atoms with Gasteiger partial charge >= 0.3 is 11.8 Å². The summed E-state index contributed by atoms with van der Waals surface area (Å²) in [6, 6.07) is 20.2. The summed E-state index contributed by atoms with van der Waals surface area (Å²) in [6.07, 6.45) is 1.45. The van der Waals surface area contributed by atoms with Gasteiger partial charge in [-0.2, -0.15) is 5.10 Å². The maximum atomic E-state index is 12.1. The quantitative estimate of drug-likeness (QED) is 0.433. The molecule has 0 saturated carbocycles. The fourth-order valence-electron chi connectivity index (χ4n) is 2.42. The van der Waals surface area contributed by atoms with Crippen LogP contribution in [0.25, 0.3) is 10.8 Å². The molecule has 2 N–H and O–H groups in total. The van der Waals surface area contributed by atoms with E-state index >= 15 is 0 Å². The molecule has 6 heteroatoms. The van der Waals surface area contributed by atoms with E-state index in [1.807, 2.05) is 36.4 Å². The predicted octanol–water partition coefficient (Wildman–Crippen LogP) is 2.94. The molecule has 0 heterocycles. The maximum Gasteiger partial charge on any atom is 0.329 e. The lowest BCUT2D eigenvalue weighted by atomic mass is 10.1. The summed E-state index contributed by atoms with van der Waals surface area (Å²) in [5.74, 6) is -0.906. The minimum Gasteiger partial charge on any atom is -0.497 e. The Morgan fingerprint density at radius 3 is 2.42 bits per heavy atom. The summed E-state index contributed by atoms with van der Waals surface area (Å²) >= 11 is 0. The number of carbonyl (C=O) groups excluding carboxylic acids is 2. The van der Waals surface area contributed by atoms with Crippen molar-refractivity contribution in [2.24, 2.45) is 5.10 Å². The molecule has 0 aliphatic carbocycles. The molecule has 3 aromatic carbocycles. The van der Waals surface area contributed by atoms with Crippen molar-refractivity contribution in [1.29, 1.82) is 0 Å². The Bertz CT molecular complexity index is 960. The standard InChI is InChI=1S/C20H17N3O3/c1-26-16-11-9-14(10-12-16)13-21-23-20(25)19(24)22-18-8-4-6-15-5-2-3-7-17(15)18/h2-13H,1H3,(H,22,24)(H,23,25). The van der Waals surface area contributed by atoms with Crippen molar-refractivity contribution in [3.63, 3.8) is 0 Å². The molecule has 0 bridgehead atoms. The molecular weight excluding hydrogens is 330 g/mol. The lowest BCUT2D eigenvalue weighted by Crippen LogP contribution is -2.32. The van der Waals surface area contributed by atoms with Crippen LogP contribution in [0.1, 0.15) is 5.56 Å². The van der Waals surface area contributed by atoms with Gasteiger partial charge in [-0.25, -0.2) is 5.43 Å². The lowest BCUT2D eigenvalue weighted by Gasteiger charge is -2.07. The molecule has 0 aliphatic rings. The summed E-state index contributed by atoms with van der Waals surface area (Å²) < 4.78 is 5.06. The van der Waals surface area contributed by atoms with E-state index in [0.717, 1.165) is 22.1 Å². The van der Waals surface area contributed by atoms with Crippen molar-refractivity contribution in [2.45, 2.75) is 0 Å². The Labute approximate surface area is 150 Å². The number of benzene rings is 3. The number of rotatable bonds is 4. The van der Waals surface area contributed by atoms with Crippen molar-refractivity contribution in [1.82, 2.24) is 5.43 Å². The van der Waals surface area contributed by atoms with Gasteiger partial charge in [0.15, 0.2) is 0 Å². The van der Waals surface area contributed by atoms with Crippen LogP contribution in [0.15, 0.2) is 71.8 Å². The number of anilines is 1. The van der Waals surface area contributed by atoms with Crippen molar-refractivity contribution in [3.8, 4) is 5.75 Å². The molecule has 3 aromatic rings. The first-order chi connectivity index (χ1) is 12.7. The molecule has 26 heavy (non-hydrogen) atoms. The zero-order valence-corrected chi connectivity index (χ0v) is 14.1. The van der Waals surface area contributed by atoms with Crippen LogP contribution in [0.4, 0.5) is 5.69 Å². The molecule has 0 atom stereocenters. The van der Waals surface area contributed by atoms with Gasteiger partial charge in [0.05, 0.1) is 13.3 Å². The molecule has 6 nitrogen and oxygen atoms in total. The van der Waals surface area contributed by atoms with Gasteiger partial charge in [0.25, 0.3) is 0 Å². The third kappa shape index (κ3) is 4.05. The molecule has 130 valence electrons. The van der Waals surface area contributed by atoms with E-state index in [1.54, 1.807) is 37.4 Å². The van der Waals surface area contributed by atoms with E-state index in [0.29, 0.717) is 5.69 Å². The maximum absolute atomic E-state index is 12.1. The van der Waals surface area contributed by atoms with Gasteiger partial charge in [0.2, 0.25) is 0 Å². The molecule has 0 radical (unpaired) electrons. The van der Waals surface area contributed by atoms with Crippen molar-refractivity contribution in [3.05, 3.63) is 72.3 Å². The Balaban J connectivity index is 1.62. The molecule has 0 aliphatic heterocycles. The second-order valence-electron chi connectivity index (χ2n) is 5.45. The smallest absolute Gasteiger partial charge is 0.329 e. The van der Waals surface area contributed by atoms with Crippen LogP contribution in [0.5, 0.6) is 5.75 Å². The summed E-state index contributed by atoms with van der Waals surface area (Å²) in [7, 11) is 1.58. The minimum atomic E-state index is -0.845. The van der Waals surface area contributed by atoms with E-state index in [9.17, 15) is 9.59 Å². The summed E-state index contributed by atoms with van der Waals surface area (Å²) in [5, 5.41) is 8.24. The molecule has 2 amide bonds. The second-order valence-corrected chi connectivity index (χ2v) is 5.45. The molecule has 0 spiro atoms. The highest BCUT2D eigenvalue weighted by Crippen LogP contribution is 2.22. The topological polar surface area (TPSA) is 79.8 Å². The zero-order chi connectivity index (χ0) is 18.4. The first-order valence-electron chi connectivity index (χ1n) is 7.93. The van der Waals surface area contributed by atoms with E-state index < -0.39 is 11.8 Å².